The fourth-order valence-electron chi connectivity index (χ4n) is 4.30. The molecule has 0 aromatic heterocycles. The topological polar surface area (TPSA) is 83.4 Å². The van der Waals surface area contributed by atoms with Gasteiger partial charge in [0.2, 0.25) is 5.91 Å². The van der Waals surface area contributed by atoms with Crippen molar-refractivity contribution in [3.05, 3.63) is 94.3 Å². The molecule has 194 valence electrons. The first-order chi connectivity index (χ1) is 18.3. The first kappa shape index (κ1) is 25.9. The molecule has 7 nitrogen and oxygen atoms in total. The second-order valence-corrected chi connectivity index (χ2v) is 10.6. The van der Waals surface area contributed by atoms with E-state index in [0.717, 1.165) is 22.6 Å². The number of nitrogens with one attached hydrogen (secondary N) is 1. The van der Waals surface area contributed by atoms with Crippen molar-refractivity contribution in [2.24, 2.45) is 10.1 Å². The molecule has 38 heavy (non-hydrogen) atoms. The molecule has 1 N–H and O–H groups in total. The number of ether oxygens (including phenoxy) is 1. The van der Waals surface area contributed by atoms with Crippen molar-refractivity contribution in [2.75, 3.05) is 12.4 Å². The monoisotopic (exact) mass is 550 g/mol. The molecular formula is C28H24ClFN4O3S. The van der Waals surface area contributed by atoms with Gasteiger partial charge in [0.15, 0.2) is 5.17 Å². The van der Waals surface area contributed by atoms with Gasteiger partial charge in [-0.15, -0.1) is 0 Å². The Bertz CT molecular complexity index is 1440. The molecule has 0 saturated heterocycles. The quantitative estimate of drug-likeness (QED) is 0.408. The first-order valence-electron chi connectivity index (χ1n) is 11.9. The van der Waals surface area contributed by atoms with Crippen LogP contribution >= 0.6 is 23.4 Å². The van der Waals surface area contributed by atoms with Gasteiger partial charge in [0, 0.05) is 23.6 Å². The molecule has 10 heteroatoms. The van der Waals surface area contributed by atoms with Crippen molar-refractivity contribution in [3.8, 4) is 5.75 Å². The highest BCUT2D eigenvalue weighted by Gasteiger charge is 2.39. The molecule has 2 amide bonds. The highest BCUT2D eigenvalue weighted by Crippen LogP contribution is 2.39. The molecule has 0 fully saturated rings. The van der Waals surface area contributed by atoms with E-state index in [0.29, 0.717) is 27.9 Å². The maximum Gasteiger partial charge on any atom is 0.262 e. The number of anilines is 1. The van der Waals surface area contributed by atoms with E-state index in [1.54, 1.807) is 25.1 Å². The van der Waals surface area contributed by atoms with Crippen molar-refractivity contribution in [3.63, 3.8) is 0 Å². The van der Waals surface area contributed by atoms with Crippen LogP contribution < -0.4 is 10.1 Å². The van der Waals surface area contributed by atoms with E-state index in [2.05, 4.69) is 10.3 Å². The molecule has 2 unspecified atom stereocenters. The minimum atomic E-state index is -0.683. The van der Waals surface area contributed by atoms with Gasteiger partial charge in [-0.3, -0.25) is 9.59 Å². The smallest absolute Gasteiger partial charge is 0.262 e. The van der Waals surface area contributed by atoms with E-state index in [1.807, 2.05) is 48.5 Å². The summed E-state index contributed by atoms with van der Waals surface area (Å²) in [7, 11) is 1.62. The summed E-state index contributed by atoms with van der Waals surface area (Å²) in [6, 6.07) is 19.3. The number of nitrogens with zero attached hydrogens (tertiary/aromatic N) is 3. The Morgan fingerprint density at radius 2 is 1.89 bits per heavy atom. The molecule has 0 saturated carbocycles. The fourth-order valence-corrected chi connectivity index (χ4v) is 5.48. The van der Waals surface area contributed by atoms with E-state index in [1.165, 1.54) is 23.9 Å². The largest absolute Gasteiger partial charge is 0.497 e. The number of hydrogen-bond acceptors (Lipinski definition) is 6. The maximum atomic E-state index is 13.5. The lowest BCUT2D eigenvalue weighted by molar-refractivity contribution is -0.121. The van der Waals surface area contributed by atoms with E-state index in [9.17, 15) is 14.0 Å². The number of amides is 2. The number of carbonyl (C=O) groups excluding carboxylic acids is 2. The third kappa shape index (κ3) is 5.58. The minimum absolute atomic E-state index is 0.0680. The number of hydrogen-bond donors (Lipinski definition) is 1. The molecule has 0 bridgehead atoms. The summed E-state index contributed by atoms with van der Waals surface area (Å²) in [6.07, 6.45) is 0.526. The zero-order chi connectivity index (χ0) is 26.8. The molecule has 2 atom stereocenters. The number of methoxy groups -OCH3 is 1. The van der Waals surface area contributed by atoms with Gasteiger partial charge in [0.05, 0.1) is 18.9 Å². The summed E-state index contributed by atoms with van der Waals surface area (Å²) < 4.78 is 18.8. The summed E-state index contributed by atoms with van der Waals surface area (Å²) in [5, 5.41) is 9.72. The Balaban J connectivity index is 1.34. The van der Waals surface area contributed by atoms with Crippen LogP contribution in [0.4, 0.5) is 10.1 Å². The van der Waals surface area contributed by atoms with Crippen LogP contribution in [-0.4, -0.2) is 40.1 Å². The number of hydrazone groups is 1. The van der Waals surface area contributed by atoms with E-state index in [4.69, 9.17) is 21.4 Å². The van der Waals surface area contributed by atoms with Crippen molar-refractivity contribution < 1.29 is 18.7 Å². The normalized spacial score (nSPS) is 18.8. The van der Waals surface area contributed by atoms with Crippen molar-refractivity contribution >= 4 is 51.7 Å². The van der Waals surface area contributed by atoms with Gasteiger partial charge >= 0.3 is 0 Å². The van der Waals surface area contributed by atoms with Crippen LogP contribution in [0.1, 0.15) is 35.6 Å². The number of thioether (sulfide) groups is 1. The molecule has 0 aliphatic carbocycles. The maximum absolute atomic E-state index is 13.5. The zero-order valence-electron chi connectivity index (χ0n) is 20.7. The second kappa shape index (κ2) is 11.0. The second-order valence-electron chi connectivity index (χ2n) is 8.95. The Morgan fingerprint density at radius 3 is 2.58 bits per heavy atom. The van der Waals surface area contributed by atoms with Crippen LogP contribution in [0.3, 0.4) is 0 Å². The van der Waals surface area contributed by atoms with Gasteiger partial charge in [0.25, 0.3) is 5.91 Å². The molecule has 2 heterocycles. The standard InChI is InChI=1S/C28H24ClFN4O3S/c1-16-13-20(9-12-22(16)30)31-26(35)15-25-27(36)32-28(38-25)34-24(18-3-7-19(29)8-4-18)14-23(33-34)17-5-10-21(37-2)11-6-17/h3-13,24-25H,14-15H2,1-2H3,(H,31,35). The predicted octanol–water partition coefficient (Wildman–Crippen LogP) is 5.97. The van der Waals surface area contributed by atoms with Gasteiger partial charge < -0.3 is 10.1 Å². The Morgan fingerprint density at radius 1 is 1.16 bits per heavy atom. The van der Waals surface area contributed by atoms with Crippen LogP contribution in [0.2, 0.25) is 5.02 Å². The average molecular weight is 551 g/mol. The summed E-state index contributed by atoms with van der Waals surface area (Å²) in [6.45, 7) is 1.62. The molecule has 2 aliphatic rings. The fraction of sp³-hybridized carbons (Fsp3) is 0.214. The molecule has 0 spiro atoms. The third-order valence-electron chi connectivity index (χ3n) is 6.33. The van der Waals surface area contributed by atoms with E-state index >= 15 is 0 Å². The lowest BCUT2D eigenvalue weighted by Gasteiger charge is -2.23. The van der Waals surface area contributed by atoms with Gasteiger partial charge in [-0.2, -0.15) is 10.1 Å². The van der Waals surface area contributed by atoms with Gasteiger partial charge in [-0.1, -0.05) is 35.5 Å². The number of rotatable bonds is 6. The minimum Gasteiger partial charge on any atom is -0.497 e. The number of halogens is 2. The Kier molecular flexibility index (Phi) is 7.49. The highest BCUT2D eigenvalue weighted by molar-refractivity contribution is 8.15. The molecule has 2 aliphatic heterocycles. The first-order valence-corrected chi connectivity index (χ1v) is 13.2. The third-order valence-corrected chi connectivity index (χ3v) is 7.72. The van der Waals surface area contributed by atoms with Gasteiger partial charge in [-0.05, 0) is 78.2 Å². The SMILES string of the molecule is COc1ccc(C2=NN(C3=NC(=O)C(CC(=O)Nc4ccc(F)c(C)c4)S3)C(c3ccc(Cl)cc3)C2)cc1. The molecule has 3 aromatic carbocycles. The highest BCUT2D eigenvalue weighted by atomic mass is 35.5. The summed E-state index contributed by atoms with van der Waals surface area (Å²) >= 11 is 7.33. The van der Waals surface area contributed by atoms with Crippen LogP contribution in [0, 0.1) is 12.7 Å². The lowest BCUT2D eigenvalue weighted by Crippen LogP contribution is -2.25. The van der Waals surface area contributed by atoms with Crippen molar-refractivity contribution in [2.45, 2.75) is 31.1 Å². The molecule has 3 aromatic rings. The average Bonchev–Trinajstić information content (AvgIpc) is 3.51. The zero-order valence-corrected chi connectivity index (χ0v) is 22.2. The van der Waals surface area contributed by atoms with Crippen LogP contribution in [0.25, 0.3) is 0 Å². The van der Waals surface area contributed by atoms with Gasteiger partial charge in [0.1, 0.15) is 16.8 Å². The van der Waals surface area contributed by atoms with E-state index in [-0.39, 0.29) is 24.2 Å². The van der Waals surface area contributed by atoms with Crippen molar-refractivity contribution in [1.82, 2.24) is 5.01 Å². The number of benzene rings is 3. The number of aliphatic imine (C=N–C) groups is 1. The number of aryl methyl sites for hydroxylation is 1. The van der Waals surface area contributed by atoms with Crippen LogP contribution in [-0.2, 0) is 9.59 Å². The predicted molar refractivity (Wildman–Crippen MR) is 148 cm³/mol. The van der Waals surface area contributed by atoms with Crippen LogP contribution in [0.5, 0.6) is 5.75 Å². The van der Waals surface area contributed by atoms with Crippen LogP contribution in [0.15, 0.2) is 76.8 Å². The summed E-state index contributed by atoms with van der Waals surface area (Å²) in [5.74, 6) is -0.343. The lowest BCUT2D eigenvalue weighted by atomic mass is 9.98. The summed E-state index contributed by atoms with van der Waals surface area (Å²) in [4.78, 5) is 29.7. The number of carbonyl (C=O) groups is 2. The Labute approximate surface area is 228 Å². The van der Waals surface area contributed by atoms with Crippen molar-refractivity contribution in [1.29, 1.82) is 0 Å². The molecule has 0 radical (unpaired) electrons. The molecule has 5 rings (SSSR count). The molecular weight excluding hydrogens is 527 g/mol. The van der Waals surface area contributed by atoms with E-state index < -0.39 is 11.2 Å². The van der Waals surface area contributed by atoms with Gasteiger partial charge in [-0.25, -0.2) is 9.40 Å². The Hall–Kier alpha value is -3.69. The summed E-state index contributed by atoms with van der Waals surface area (Å²) in [5.41, 5.74) is 3.66. The number of amidine groups is 1.